The molecule has 21 heavy (non-hydrogen) atoms. The van der Waals surface area contributed by atoms with Crippen molar-refractivity contribution < 1.29 is 14.4 Å². The zero-order valence-corrected chi connectivity index (χ0v) is 11.2. The Balaban J connectivity index is 2.22. The van der Waals surface area contributed by atoms with Crippen LogP contribution in [0.3, 0.4) is 0 Å². The summed E-state index contributed by atoms with van der Waals surface area (Å²) in [6, 6.07) is 6.98. The van der Waals surface area contributed by atoms with Gasteiger partial charge in [0.05, 0.1) is 5.69 Å². The van der Waals surface area contributed by atoms with E-state index in [1.807, 2.05) is 0 Å². The van der Waals surface area contributed by atoms with Gasteiger partial charge in [0.25, 0.3) is 5.91 Å². The van der Waals surface area contributed by atoms with Gasteiger partial charge in [0.15, 0.2) is 5.84 Å². The summed E-state index contributed by atoms with van der Waals surface area (Å²) in [6.45, 7) is 1.75. The summed E-state index contributed by atoms with van der Waals surface area (Å²) in [4.78, 5) is 16.0. The van der Waals surface area contributed by atoms with Crippen molar-refractivity contribution >= 4 is 17.4 Å². The molecule has 0 atom stereocenters. The number of nitrogens with one attached hydrogen (secondary N) is 1. The molecular formula is C14H13FN4O2. The molecule has 1 aromatic heterocycles. The van der Waals surface area contributed by atoms with E-state index < -0.39 is 11.7 Å². The summed E-state index contributed by atoms with van der Waals surface area (Å²) in [5.41, 5.74) is 6.64. The van der Waals surface area contributed by atoms with Gasteiger partial charge in [-0.2, -0.15) is 0 Å². The van der Waals surface area contributed by atoms with Crippen molar-refractivity contribution in [3.05, 3.63) is 59.2 Å². The quantitative estimate of drug-likeness (QED) is 0.347. The predicted octanol–water partition coefficient (Wildman–Crippen LogP) is 1.88. The largest absolute Gasteiger partial charge is 0.409 e. The van der Waals surface area contributed by atoms with Crippen LogP contribution in [0.5, 0.6) is 0 Å². The fourth-order valence-electron chi connectivity index (χ4n) is 1.71. The van der Waals surface area contributed by atoms with E-state index in [-0.39, 0.29) is 17.1 Å². The zero-order chi connectivity index (χ0) is 15.4. The number of amides is 1. The second-order valence-corrected chi connectivity index (χ2v) is 4.32. The first-order chi connectivity index (χ1) is 10.0. The first-order valence-electron chi connectivity index (χ1n) is 6.02. The molecule has 108 valence electrons. The van der Waals surface area contributed by atoms with Gasteiger partial charge in [-0.15, -0.1) is 0 Å². The molecule has 0 unspecified atom stereocenters. The number of carbonyl (C=O) groups is 1. The Hall–Kier alpha value is -2.96. The SMILES string of the molecule is Cc1cc(C(=O)Nc2ccc(/C(N)=N/O)cc2F)ccn1. The van der Waals surface area contributed by atoms with Crippen molar-refractivity contribution in [1.82, 2.24) is 4.98 Å². The lowest BCUT2D eigenvalue weighted by Gasteiger charge is -2.08. The molecule has 2 aromatic rings. The molecule has 0 bridgehead atoms. The highest BCUT2D eigenvalue weighted by atomic mass is 19.1. The Morgan fingerprint density at radius 2 is 2.10 bits per heavy atom. The molecule has 6 nitrogen and oxygen atoms in total. The number of pyridine rings is 1. The maximum absolute atomic E-state index is 13.9. The second-order valence-electron chi connectivity index (χ2n) is 4.32. The molecule has 1 amide bonds. The zero-order valence-electron chi connectivity index (χ0n) is 11.2. The average Bonchev–Trinajstić information content (AvgIpc) is 2.48. The van der Waals surface area contributed by atoms with Crippen molar-refractivity contribution in [3.8, 4) is 0 Å². The monoisotopic (exact) mass is 288 g/mol. The topological polar surface area (TPSA) is 101 Å². The van der Waals surface area contributed by atoms with Gasteiger partial charge in [0.2, 0.25) is 0 Å². The number of nitrogens with zero attached hydrogens (tertiary/aromatic N) is 2. The Bertz CT molecular complexity index is 716. The third kappa shape index (κ3) is 3.33. The van der Waals surface area contributed by atoms with E-state index >= 15 is 0 Å². The minimum absolute atomic E-state index is 0.00366. The first-order valence-corrected chi connectivity index (χ1v) is 6.02. The molecule has 0 radical (unpaired) electrons. The van der Waals surface area contributed by atoms with Crippen LogP contribution in [-0.2, 0) is 0 Å². The smallest absolute Gasteiger partial charge is 0.255 e. The van der Waals surface area contributed by atoms with E-state index in [2.05, 4.69) is 15.5 Å². The van der Waals surface area contributed by atoms with Gasteiger partial charge in [0, 0.05) is 23.0 Å². The van der Waals surface area contributed by atoms with E-state index in [0.717, 1.165) is 6.07 Å². The summed E-state index contributed by atoms with van der Waals surface area (Å²) < 4.78 is 13.9. The van der Waals surface area contributed by atoms with E-state index in [1.165, 1.54) is 24.4 Å². The van der Waals surface area contributed by atoms with Crippen LogP contribution in [0, 0.1) is 12.7 Å². The number of oxime groups is 1. The van der Waals surface area contributed by atoms with Crippen LogP contribution < -0.4 is 11.1 Å². The van der Waals surface area contributed by atoms with Crippen LogP contribution in [-0.4, -0.2) is 21.9 Å². The average molecular weight is 288 g/mol. The van der Waals surface area contributed by atoms with Crippen LogP contribution in [0.1, 0.15) is 21.6 Å². The van der Waals surface area contributed by atoms with E-state index in [0.29, 0.717) is 11.3 Å². The summed E-state index contributed by atoms with van der Waals surface area (Å²) >= 11 is 0. The molecule has 1 aromatic carbocycles. The number of rotatable bonds is 3. The van der Waals surface area contributed by atoms with Crippen LogP contribution >= 0.6 is 0 Å². The Morgan fingerprint density at radius 1 is 1.33 bits per heavy atom. The van der Waals surface area contributed by atoms with Gasteiger partial charge >= 0.3 is 0 Å². The number of benzene rings is 1. The molecule has 2 rings (SSSR count). The van der Waals surface area contributed by atoms with Crippen molar-refractivity contribution in [3.63, 3.8) is 0 Å². The van der Waals surface area contributed by atoms with Crippen molar-refractivity contribution in [2.45, 2.75) is 6.92 Å². The number of aryl methyl sites for hydroxylation is 1. The van der Waals surface area contributed by atoms with Gasteiger partial charge in [0.1, 0.15) is 5.82 Å². The summed E-state index contributed by atoms with van der Waals surface area (Å²) in [7, 11) is 0. The minimum Gasteiger partial charge on any atom is -0.409 e. The van der Waals surface area contributed by atoms with Crippen LogP contribution in [0.2, 0.25) is 0 Å². The Kier molecular flexibility index (Phi) is 4.13. The number of anilines is 1. The van der Waals surface area contributed by atoms with E-state index in [4.69, 9.17) is 10.9 Å². The third-order valence-electron chi connectivity index (χ3n) is 2.78. The molecule has 0 aliphatic rings. The molecule has 0 spiro atoms. The lowest BCUT2D eigenvalue weighted by atomic mass is 10.1. The van der Waals surface area contributed by atoms with Gasteiger partial charge in [-0.25, -0.2) is 4.39 Å². The maximum atomic E-state index is 13.9. The van der Waals surface area contributed by atoms with Crippen molar-refractivity contribution in [2.24, 2.45) is 10.9 Å². The molecule has 0 saturated carbocycles. The molecule has 0 fully saturated rings. The Labute approximate surface area is 120 Å². The summed E-state index contributed by atoms with van der Waals surface area (Å²) in [6.07, 6.45) is 1.50. The highest BCUT2D eigenvalue weighted by Crippen LogP contribution is 2.17. The lowest BCUT2D eigenvalue weighted by Crippen LogP contribution is -2.16. The van der Waals surface area contributed by atoms with Crippen LogP contribution in [0.25, 0.3) is 0 Å². The van der Waals surface area contributed by atoms with Crippen molar-refractivity contribution in [1.29, 1.82) is 0 Å². The fourth-order valence-corrected chi connectivity index (χ4v) is 1.71. The molecular weight excluding hydrogens is 275 g/mol. The van der Waals surface area contributed by atoms with Crippen LogP contribution in [0.15, 0.2) is 41.7 Å². The normalized spacial score (nSPS) is 11.2. The number of nitrogens with two attached hydrogens (primary N) is 1. The Morgan fingerprint density at radius 3 is 2.71 bits per heavy atom. The number of halogens is 1. The lowest BCUT2D eigenvalue weighted by molar-refractivity contribution is 0.102. The molecule has 0 aliphatic carbocycles. The molecule has 4 N–H and O–H groups in total. The highest BCUT2D eigenvalue weighted by molar-refractivity contribution is 6.04. The van der Waals surface area contributed by atoms with Gasteiger partial charge < -0.3 is 16.3 Å². The van der Waals surface area contributed by atoms with Gasteiger partial charge in [-0.3, -0.25) is 9.78 Å². The standard InChI is InChI=1S/C14H13FN4O2/c1-8-6-10(4-5-17-8)14(20)18-12-3-2-9(7-11(12)15)13(16)19-21/h2-7,21H,1H3,(H2,16,19)(H,18,20). The van der Waals surface area contributed by atoms with Gasteiger partial charge in [-0.05, 0) is 37.3 Å². The third-order valence-corrected chi connectivity index (χ3v) is 2.78. The predicted molar refractivity (Wildman–Crippen MR) is 75.8 cm³/mol. The number of hydrogen-bond acceptors (Lipinski definition) is 4. The van der Waals surface area contributed by atoms with E-state index in [1.54, 1.807) is 13.0 Å². The fraction of sp³-hybridized carbons (Fsp3) is 0.0714. The molecule has 1 heterocycles. The second kappa shape index (κ2) is 6.00. The molecule has 0 saturated heterocycles. The first kappa shape index (κ1) is 14.4. The van der Waals surface area contributed by atoms with Crippen molar-refractivity contribution in [2.75, 3.05) is 5.32 Å². The van der Waals surface area contributed by atoms with E-state index in [9.17, 15) is 9.18 Å². The summed E-state index contributed by atoms with van der Waals surface area (Å²) in [5, 5.41) is 13.8. The minimum atomic E-state index is -0.682. The number of hydrogen-bond donors (Lipinski definition) is 3. The van der Waals surface area contributed by atoms with Crippen LogP contribution in [0.4, 0.5) is 10.1 Å². The molecule has 7 heteroatoms. The van der Waals surface area contributed by atoms with Gasteiger partial charge in [-0.1, -0.05) is 5.16 Å². The maximum Gasteiger partial charge on any atom is 0.255 e. The highest BCUT2D eigenvalue weighted by Gasteiger charge is 2.11. The molecule has 0 aliphatic heterocycles. The number of aromatic nitrogens is 1. The number of carbonyl (C=O) groups excluding carboxylic acids is 1. The summed E-state index contributed by atoms with van der Waals surface area (Å²) in [5.74, 6) is -1.34. The number of amidine groups is 1.